The zero-order valence-electron chi connectivity index (χ0n) is 7.51. The first-order valence-corrected chi connectivity index (χ1v) is 4.50. The van der Waals surface area contributed by atoms with Gasteiger partial charge in [0.05, 0.1) is 5.02 Å². The highest BCUT2D eigenvalue weighted by Gasteiger charge is 2.14. The lowest BCUT2D eigenvalue weighted by molar-refractivity contribution is -0.120. The summed E-state index contributed by atoms with van der Waals surface area (Å²) in [5, 5.41) is 4.05. The molecule has 1 heterocycles. The lowest BCUT2D eigenvalue weighted by atomic mass is 10.1. The zero-order chi connectivity index (χ0) is 10.7. The molecule has 76 valence electrons. The molecule has 1 aromatic heterocycles. The van der Waals surface area contributed by atoms with Gasteiger partial charge in [-0.2, -0.15) is 0 Å². The standard InChI is InChI=1S/C10H6ClNO3/c11-8-4-2-1-3-7(8)10-9(14-6-13)5-12-15-10/h1-6H. The molecule has 5 heteroatoms. The van der Waals surface area contributed by atoms with Crippen LogP contribution in [0.5, 0.6) is 5.75 Å². The average Bonchev–Trinajstić information content (AvgIpc) is 2.67. The second-order valence-electron chi connectivity index (χ2n) is 2.71. The Hall–Kier alpha value is -1.81. The SMILES string of the molecule is O=COc1cnoc1-c1ccccc1Cl. The van der Waals surface area contributed by atoms with E-state index in [1.807, 2.05) is 0 Å². The lowest BCUT2D eigenvalue weighted by Gasteiger charge is -2.00. The Labute approximate surface area is 90.4 Å². The van der Waals surface area contributed by atoms with Crippen LogP contribution < -0.4 is 4.74 Å². The molecule has 0 amide bonds. The molecule has 0 fully saturated rings. The molecule has 1 aromatic carbocycles. The average molecular weight is 224 g/mol. The summed E-state index contributed by atoms with van der Waals surface area (Å²) in [6, 6.07) is 7.06. The zero-order valence-corrected chi connectivity index (χ0v) is 8.27. The van der Waals surface area contributed by atoms with Gasteiger partial charge in [-0.3, -0.25) is 4.79 Å². The van der Waals surface area contributed by atoms with Gasteiger partial charge in [-0.1, -0.05) is 28.9 Å². The van der Waals surface area contributed by atoms with Crippen LogP contribution in [0.4, 0.5) is 0 Å². The van der Waals surface area contributed by atoms with Crippen molar-refractivity contribution in [3.63, 3.8) is 0 Å². The van der Waals surface area contributed by atoms with Gasteiger partial charge in [0.1, 0.15) is 6.20 Å². The van der Waals surface area contributed by atoms with Crippen molar-refractivity contribution in [1.82, 2.24) is 5.16 Å². The van der Waals surface area contributed by atoms with Crippen LogP contribution in [-0.4, -0.2) is 11.6 Å². The molecule has 0 bridgehead atoms. The predicted octanol–water partition coefficient (Wildman–Crippen LogP) is 2.53. The van der Waals surface area contributed by atoms with E-state index in [-0.39, 0.29) is 5.75 Å². The van der Waals surface area contributed by atoms with Gasteiger partial charge >= 0.3 is 0 Å². The normalized spacial score (nSPS) is 9.93. The molecule has 0 aliphatic carbocycles. The predicted molar refractivity (Wildman–Crippen MR) is 53.6 cm³/mol. The summed E-state index contributed by atoms with van der Waals surface area (Å²) in [6.07, 6.45) is 1.31. The van der Waals surface area contributed by atoms with Crippen molar-refractivity contribution in [2.75, 3.05) is 0 Å². The van der Waals surface area contributed by atoms with Crippen molar-refractivity contribution < 1.29 is 14.1 Å². The van der Waals surface area contributed by atoms with E-state index in [1.165, 1.54) is 6.20 Å². The molecule has 0 radical (unpaired) electrons. The van der Waals surface area contributed by atoms with E-state index in [1.54, 1.807) is 24.3 Å². The summed E-state index contributed by atoms with van der Waals surface area (Å²) in [7, 11) is 0. The van der Waals surface area contributed by atoms with Crippen LogP contribution in [-0.2, 0) is 4.79 Å². The second-order valence-corrected chi connectivity index (χ2v) is 3.12. The van der Waals surface area contributed by atoms with E-state index >= 15 is 0 Å². The smallest absolute Gasteiger partial charge is 0.298 e. The number of hydrogen-bond donors (Lipinski definition) is 0. The Kier molecular flexibility index (Phi) is 2.69. The minimum Gasteiger partial charge on any atom is -0.423 e. The molecule has 0 saturated heterocycles. The molecule has 2 rings (SSSR count). The molecule has 0 aliphatic heterocycles. The minimum absolute atomic E-state index is 0.248. The van der Waals surface area contributed by atoms with Gasteiger partial charge in [0.2, 0.25) is 5.76 Å². The van der Waals surface area contributed by atoms with Crippen molar-refractivity contribution in [3.05, 3.63) is 35.5 Å². The highest BCUT2D eigenvalue weighted by Crippen LogP contribution is 2.34. The number of nitrogens with zero attached hydrogens (tertiary/aromatic N) is 1. The highest BCUT2D eigenvalue weighted by atomic mass is 35.5. The molecule has 0 saturated carbocycles. The van der Waals surface area contributed by atoms with E-state index < -0.39 is 0 Å². The Morgan fingerprint density at radius 2 is 2.20 bits per heavy atom. The van der Waals surface area contributed by atoms with Crippen LogP contribution >= 0.6 is 11.6 Å². The van der Waals surface area contributed by atoms with Crippen LogP contribution in [0.1, 0.15) is 0 Å². The number of carbonyl (C=O) groups excluding carboxylic acids is 1. The third-order valence-corrected chi connectivity index (χ3v) is 2.16. The third-order valence-electron chi connectivity index (χ3n) is 1.83. The number of ether oxygens (including phenoxy) is 1. The van der Waals surface area contributed by atoms with Gasteiger partial charge in [0, 0.05) is 5.56 Å². The molecule has 0 atom stereocenters. The molecular weight excluding hydrogens is 218 g/mol. The van der Waals surface area contributed by atoms with E-state index in [9.17, 15) is 4.79 Å². The molecule has 2 aromatic rings. The molecule has 4 nitrogen and oxygen atoms in total. The second kappa shape index (κ2) is 4.14. The maximum Gasteiger partial charge on any atom is 0.298 e. The van der Waals surface area contributed by atoms with Crippen molar-refractivity contribution in [2.45, 2.75) is 0 Å². The van der Waals surface area contributed by atoms with Gasteiger partial charge in [0.15, 0.2) is 5.75 Å². The first-order valence-electron chi connectivity index (χ1n) is 4.13. The molecule has 15 heavy (non-hydrogen) atoms. The van der Waals surface area contributed by atoms with Crippen molar-refractivity contribution in [2.24, 2.45) is 0 Å². The van der Waals surface area contributed by atoms with Crippen LogP contribution in [0.25, 0.3) is 11.3 Å². The summed E-state index contributed by atoms with van der Waals surface area (Å²) in [4.78, 5) is 10.2. The summed E-state index contributed by atoms with van der Waals surface area (Å²) in [6.45, 7) is 0.312. The number of halogens is 1. The van der Waals surface area contributed by atoms with Crippen molar-refractivity contribution in [3.8, 4) is 17.1 Å². The molecule has 0 spiro atoms. The Balaban J connectivity index is 2.49. The summed E-state index contributed by atoms with van der Waals surface area (Å²) < 4.78 is 9.66. The quantitative estimate of drug-likeness (QED) is 0.751. The van der Waals surface area contributed by atoms with Crippen LogP contribution in [0, 0.1) is 0 Å². The third kappa shape index (κ3) is 1.85. The molecule has 0 unspecified atom stereocenters. The first-order chi connectivity index (χ1) is 7.33. The van der Waals surface area contributed by atoms with E-state index in [0.717, 1.165) is 0 Å². The van der Waals surface area contributed by atoms with E-state index in [4.69, 9.17) is 20.9 Å². The Bertz CT molecular complexity index is 481. The van der Waals surface area contributed by atoms with Gasteiger partial charge in [0.25, 0.3) is 6.47 Å². The van der Waals surface area contributed by atoms with Crippen molar-refractivity contribution >= 4 is 18.1 Å². The number of rotatable bonds is 3. The van der Waals surface area contributed by atoms with Crippen LogP contribution in [0.3, 0.4) is 0 Å². The maximum atomic E-state index is 10.2. The van der Waals surface area contributed by atoms with Gasteiger partial charge in [-0.05, 0) is 12.1 Å². The Morgan fingerprint density at radius 3 is 2.93 bits per heavy atom. The Morgan fingerprint density at radius 1 is 1.40 bits per heavy atom. The number of benzene rings is 1. The maximum absolute atomic E-state index is 10.2. The highest BCUT2D eigenvalue weighted by molar-refractivity contribution is 6.33. The summed E-state index contributed by atoms with van der Waals surface area (Å²) in [5.41, 5.74) is 0.633. The fraction of sp³-hybridized carbons (Fsp3) is 0. The number of aromatic nitrogens is 1. The van der Waals surface area contributed by atoms with Crippen molar-refractivity contribution in [1.29, 1.82) is 0 Å². The molecule has 0 aliphatic rings. The number of hydrogen-bond acceptors (Lipinski definition) is 4. The van der Waals surface area contributed by atoms with E-state index in [2.05, 4.69) is 5.16 Å². The number of carbonyl (C=O) groups is 1. The largest absolute Gasteiger partial charge is 0.423 e. The monoisotopic (exact) mass is 223 g/mol. The fourth-order valence-corrected chi connectivity index (χ4v) is 1.42. The van der Waals surface area contributed by atoms with Crippen LogP contribution in [0.2, 0.25) is 5.02 Å². The lowest BCUT2D eigenvalue weighted by Crippen LogP contribution is -1.88. The minimum atomic E-state index is 0.248. The fourth-order valence-electron chi connectivity index (χ4n) is 1.19. The van der Waals surface area contributed by atoms with Gasteiger partial charge in [-0.25, -0.2) is 0 Å². The van der Waals surface area contributed by atoms with Gasteiger partial charge < -0.3 is 9.26 Å². The van der Waals surface area contributed by atoms with Gasteiger partial charge in [-0.15, -0.1) is 0 Å². The summed E-state index contributed by atoms with van der Waals surface area (Å²) in [5.74, 6) is 0.589. The van der Waals surface area contributed by atoms with Crippen LogP contribution in [0.15, 0.2) is 35.0 Å². The first kappa shape index (κ1) is 9.73. The summed E-state index contributed by atoms with van der Waals surface area (Å²) >= 11 is 5.96. The molecule has 0 N–H and O–H groups in total. The molecular formula is C10H6ClNO3. The van der Waals surface area contributed by atoms with E-state index in [0.29, 0.717) is 22.8 Å². The topological polar surface area (TPSA) is 52.3 Å².